The van der Waals surface area contributed by atoms with Crippen LogP contribution in [0.2, 0.25) is 0 Å². The molecule has 0 radical (unpaired) electrons. The molecule has 2 saturated heterocycles. The molecule has 3 atom stereocenters. The number of rotatable bonds is 5. The van der Waals surface area contributed by atoms with E-state index in [-0.39, 0.29) is 29.9 Å². The number of hydrazine groups is 1. The molecule has 5 heteroatoms. The van der Waals surface area contributed by atoms with Crippen molar-refractivity contribution in [3.63, 3.8) is 0 Å². The van der Waals surface area contributed by atoms with Gasteiger partial charge < -0.3 is 4.74 Å². The van der Waals surface area contributed by atoms with Crippen LogP contribution >= 0.6 is 0 Å². The summed E-state index contributed by atoms with van der Waals surface area (Å²) in [4.78, 5) is 24.6. The van der Waals surface area contributed by atoms with Crippen molar-refractivity contribution >= 4 is 11.9 Å². The maximum absolute atomic E-state index is 12.4. The fourth-order valence-corrected chi connectivity index (χ4v) is 3.97. The number of carbonyl (C=O) groups is 2. The van der Waals surface area contributed by atoms with Crippen LogP contribution in [-0.4, -0.2) is 41.1 Å². The second-order valence-corrected chi connectivity index (χ2v) is 7.33. The number of amides is 1. The van der Waals surface area contributed by atoms with E-state index in [1.54, 1.807) is 0 Å². The molecule has 2 fully saturated rings. The Morgan fingerprint density at radius 1 is 1.24 bits per heavy atom. The maximum Gasteiger partial charge on any atom is 0.310 e. The van der Waals surface area contributed by atoms with Crippen LogP contribution < -0.4 is 0 Å². The Balaban J connectivity index is 1.84. The van der Waals surface area contributed by atoms with E-state index in [9.17, 15) is 9.59 Å². The van der Waals surface area contributed by atoms with E-state index in [1.807, 2.05) is 18.9 Å². The summed E-state index contributed by atoms with van der Waals surface area (Å²) < 4.78 is 5.19. The maximum atomic E-state index is 12.4. The Morgan fingerprint density at radius 3 is 2.52 bits per heavy atom. The van der Waals surface area contributed by atoms with Crippen molar-refractivity contribution < 1.29 is 14.3 Å². The van der Waals surface area contributed by atoms with Crippen molar-refractivity contribution in [2.45, 2.75) is 58.5 Å². The van der Waals surface area contributed by atoms with Gasteiger partial charge in [-0.3, -0.25) is 14.6 Å². The number of hydrogen-bond acceptors (Lipinski definition) is 4. The first-order valence-electron chi connectivity index (χ1n) is 9.29. The molecule has 1 unspecified atom stereocenters. The highest BCUT2D eigenvalue weighted by Crippen LogP contribution is 2.42. The minimum absolute atomic E-state index is 0.113. The summed E-state index contributed by atoms with van der Waals surface area (Å²) in [7, 11) is 0. The van der Waals surface area contributed by atoms with E-state index in [1.165, 1.54) is 11.1 Å². The molecule has 0 bridgehead atoms. The first-order chi connectivity index (χ1) is 11.9. The molecule has 0 spiro atoms. The van der Waals surface area contributed by atoms with Crippen LogP contribution in [0, 0.1) is 5.92 Å². The molecule has 0 aliphatic carbocycles. The van der Waals surface area contributed by atoms with Gasteiger partial charge in [-0.2, -0.15) is 0 Å². The lowest BCUT2D eigenvalue weighted by atomic mass is 9.92. The SMILES string of the molecule is CCOC(=O)C(C)[C@H]1C[C@@H](c2ccc(C(C)C)cc2)N2CCC(=O)N12. The van der Waals surface area contributed by atoms with E-state index in [4.69, 9.17) is 4.74 Å². The topological polar surface area (TPSA) is 49.9 Å². The van der Waals surface area contributed by atoms with Gasteiger partial charge in [-0.15, -0.1) is 0 Å². The van der Waals surface area contributed by atoms with Gasteiger partial charge in [0.15, 0.2) is 0 Å². The van der Waals surface area contributed by atoms with Crippen LogP contribution in [0.25, 0.3) is 0 Å². The summed E-state index contributed by atoms with van der Waals surface area (Å²) in [5.74, 6) is 0.0777. The van der Waals surface area contributed by atoms with Crippen molar-refractivity contribution in [3.8, 4) is 0 Å². The van der Waals surface area contributed by atoms with Crippen molar-refractivity contribution in [1.82, 2.24) is 10.0 Å². The molecule has 0 aromatic heterocycles. The summed E-state index contributed by atoms with van der Waals surface area (Å²) in [6.07, 6.45) is 1.29. The van der Waals surface area contributed by atoms with Crippen molar-refractivity contribution in [2.75, 3.05) is 13.2 Å². The highest BCUT2D eigenvalue weighted by molar-refractivity contribution is 5.80. The molecule has 0 N–H and O–H groups in total. The minimum atomic E-state index is -0.315. The number of benzene rings is 1. The van der Waals surface area contributed by atoms with Gasteiger partial charge in [0.1, 0.15) is 0 Å². The normalized spacial score (nSPS) is 24.7. The van der Waals surface area contributed by atoms with Gasteiger partial charge in [0.2, 0.25) is 5.91 Å². The second-order valence-electron chi connectivity index (χ2n) is 7.33. The molecule has 5 nitrogen and oxygen atoms in total. The molecule has 2 aliphatic heterocycles. The highest BCUT2D eigenvalue weighted by Gasteiger charge is 2.49. The summed E-state index contributed by atoms with van der Waals surface area (Å²) in [5.41, 5.74) is 2.52. The zero-order valence-corrected chi connectivity index (χ0v) is 15.6. The van der Waals surface area contributed by atoms with E-state index in [0.29, 0.717) is 18.9 Å². The van der Waals surface area contributed by atoms with Gasteiger partial charge >= 0.3 is 5.97 Å². The number of nitrogens with zero attached hydrogens (tertiary/aromatic N) is 2. The molecule has 1 aromatic rings. The quantitative estimate of drug-likeness (QED) is 0.769. The van der Waals surface area contributed by atoms with Gasteiger partial charge in [-0.1, -0.05) is 38.1 Å². The first kappa shape index (κ1) is 17.9. The molecule has 136 valence electrons. The summed E-state index contributed by atoms with van der Waals surface area (Å²) >= 11 is 0. The van der Waals surface area contributed by atoms with Crippen LogP contribution in [0.5, 0.6) is 0 Å². The van der Waals surface area contributed by atoms with Crippen molar-refractivity contribution in [3.05, 3.63) is 35.4 Å². The minimum Gasteiger partial charge on any atom is -0.466 e. The summed E-state index contributed by atoms with van der Waals surface area (Å²) in [6.45, 7) is 9.14. The van der Waals surface area contributed by atoms with Gasteiger partial charge in [-0.25, -0.2) is 5.01 Å². The number of esters is 1. The molecule has 25 heavy (non-hydrogen) atoms. The smallest absolute Gasteiger partial charge is 0.310 e. The second kappa shape index (κ2) is 7.16. The van der Waals surface area contributed by atoms with Crippen molar-refractivity contribution in [2.24, 2.45) is 5.92 Å². The van der Waals surface area contributed by atoms with Crippen LogP contribution in [0.15, 0.2) is 24.3 Å². The molecule has 1 aromatic carbocycles. The number of hydrogen-bond donors (Lipinski definition) is 0. The van der Waals surface area contributed by atoms with E-state index in [0.717, 1.165) is 13.0 Å². The standard InChI is InChI=1S/C20H28N2O3/c1-5-25-20(24)14(4)17-12-18(21-11-10-19(23)22(17)21)16-8-6-15(7-9-16)13(2)3/h6-9,13-14,17-18H,5,10-12H2,1-4H3/t14?,17-,18+/m1/s1. The Morgan fingerprint density at radius 2 is 1.92 bits per heavy atom. The van der Waals surface area contributed by atoms with Crippen LogP contribution in [-0.2, 0) is 14.3 Å². The fourth-order valence-electron chi connectivity index (χ4n) is 3.97. The van der Waals surface area contributed by atoms with E-state index in [2.05, 4.69) is 43.1 Å². The zero-order chi connectivity index (χ0) is 18.1. The fraction of sp³-hybridized carbons (Fsp3) is 0.600. The molecular weight excluding hydrogens is 316 g/mol. The largest absolute Gasteiger partial charge is 0.466 e. The monoisotopic (exact) mass is 344 g/mol. The lowest BCUT2D eigenvalue weighted by molar-refractivity contribution is -0.153. The Bertz CT molecular complexity index is 641. The number of ether oxygens (including phenoxy) is 1. The van der Waals surface area contributed by atoms with E-state index >= 15 is 0 Å². The van der Waals surface area contributed by atoms with Crippen LogP contribution in [0.1, 0.15) is 63.6 Å². The van der Waals surface area contributed by atoms with Gasteiger partial charge in [0, 0.05) is 13.0 Å². The lowest BCUT2D eigenvalue weighted by Crippen LogP contribution is -2.43. The molecule has 3 rings (SSSR count). The zero-order valence-electron chi connectivity index (χ0n) is 15.6. The number of fused-ring (bicyclic) bond motifs is 1. The van der Waals surface area contributed by atoms with Crippen LogP contribution in [0.3, 0.4) is 0 Å². The van der Waals surface area contributed by atoms with Crippen LogP contribution in [0.4, 0.5) is 0 Å². The Hall–Kier alpha value is -1.88. The molecular formula is C20H28N2O3. The third-order valence-electron chi connectivity index (χ3n) is 5.45. The third kappa shape index (κ3) is 3.30. The van der Waals surface area contributed by atoms with Crippen molar-refractivity contribution in [1.29, 1.82) is 0 Å². The average Bonchev–Trinajstić information content (AvgIpc) is 3.15. The van der Waals surface area contributed by atoms with Gasteiger partial charge in [-0.05, 0) is 37.3 Å². The summed E-state index contributed by atoms with van der Waals surface area (Å²) in [6, 6.07) is 8.70. The Kier molecular flexibility index (Phi) is 5.13. The molecule has 0 saturated carbocycles. The molecule has 1 amide bonds. The average molecular weight is 344 g/mol. The summed E-state index contributed by atoms with van der Waals surface area (Å²) in [5, 5.41) is 3.97. The van der Waals surface area contributed by atoms with Gasteiger partial charge in [0.25, 0.3) is 0 Å². The molecule has 2 heterocycles. The van der Waals surface area contributed by atoms with E-state index < -0.39 is 0 Å². The predicted octanol–water partition coefficient (Wildman–Crippen LogP) is 3.27. The predicted molar refractivity (Wildman–Crippen MR) is 95.6 cm³/mol. The lowest BCUT2D eigenvalue weighted by Gasteiger charge is -2.29. The highest BCUT2D eigenvalue weighted by atomic mass is 16.5. The number of carbonyl (C=O) groups excluding carboxylic acids is 2. The van der Waals surface area contributed by atoms with Gasteiger partial charge in [0.05, 0.1) is 24.6 Å². The Labute approximate surface area is 149 Å². The molecule has 2 aliphatic rings. The first-order valence-corrected chi connectivity index (χ1v) is 9.29. The third-order valence-corrected chi connectivity index (χ3v) is 5.45.